The van der Waals surface area contributed by atoms with E-state index < -0.39 is 5.97 Å². The molecule has 2 N–H and O–H groups in total. The molecule has 1 rings (SSSR count). The third-order valence-corrected chi connectivity index (χ3v) is 2.51. The van der Waals surface area contributed by atoms with Crippen LogP contribution in [-0.4, -0.2) is 34.3 Å². The van der Waals surface area contributed by atoms with Crippen LogP contribution in [0.15, 0.2) is 18.5 Å². The third kappa shape index (κ3) is 4.03. The first-order chi connectivity index (χ1) is 8.19. The van der Waals surface area contributed by atoms with Crippen LogP contribution in [0.2, 0.25) is 0 Å². The lowest BCUT2D eigenvalue weighted by atomic mass is 10.2. The Labute approximate surface area is 101 Å². The number of carboxylic acid groups (broad SMARTS) is 1. The highest BCUT2D eigenvalue weighted by molar-refractivity contribution is 5.74. The van der Waals surface area contributed by atoms with E-state index in [-0.39, 0.29) is 13.2 Å². The summed E-state index contributed by atoms with van der Waals surface area (Å²) in [6.07, 6.45) is 5.09. The summed E-state index contributed by atoms with van der Waals surface area (Å²) in [6.45, 7) is 2.52. The molecule has 94 valence electrons. The van der Waals surface area contributed by atoms with Crippen molar-refractivity contribution in [1.29, 1.82) is 0 Å². The van der Waals surface area contributed by atoms with Gasteiger partial charge in [0.1, 0.15) is 6.54 Å². The highest BCUT2D eigenvalue weighted by Gasteiger charge is 2.13. The molecule has 0 spiro atoms. The lowest BCUT2D eigenvalue weighted by Gasteiger charge is -2.24. The van der Waals surface area contributed by atoms with Crippen molar-refractivity contribution in [2.75, 3.05) is 18.0 Å². The summed E-state index contributed by atoms with van der Waals surface area (Å²) in [4.78, 5) is 16.5. The van der Waals surface area contributed by atoms with E-state index >= 15 is 0 Å². The Hall–Kier alpha value is -1.62. The van der Waals surface area contributed by atoms with Crippen LogP contribution in [0.3, 0.4) is 0 Å². The summed E-state index contributed by atoms with van der Waals surface area (Å²) >= 11 is 0. The van der Waals surface area contributed by atoms with Crippen molar-refractivity contribution in [2.24, 2.45) is 0 Å². The summed E-state index contributed by atoms with van der Waals surface area (Å²) in [5.41, 5.74) is 1.41. The Morgan fingerprint density at radius 3 is 2.88 bits per heavy atom. The molecule has 0 atom stereocenters. The van der Waals surface area contributed by atoms with Crippen LogP contribution in [-0.2, 0) is 11.4 Å². The summed E-state index contributed by atoms with van der Waals surface area (Å²) in [7, 11) is 0. The first-order valence-electron chi connectivity index (χ1n) is 5.69. The Balaban J connectivity index is 2.90. The number of rotatable bonds is 7. The van der Waals surface area contributed by atoms with Crippen molar-refractivity contribution in [3.63, 3.8) is 0 Å². The van der Waals surface area contributed by atoms with Crippen LogP contribution in [0.4, 0.5) is 5.69 Å². The van der Waals surface area contributed by atoms with Crippen molar-refractivity contribution in [3.05, 3.63) is 24.0 Å². The van der Waals surface area contributed by atoms with Crippen LogP contribution in [0.5, 0.6) is 0 Å². The van der Waals surface area contributed by atoms with E-state index in [1.54, 1.807) is 23.4 Å². The van der Waals surface area contributed by atoms with Crippen molar-refractivity contribution in [2.45, 2.75) is 26.4 Å². The van der Waals surface area contributed by atoms with Crippen LogP contribution in [0.25, 0.3) is 0 Å². The maximum atomic E-state index is 10.8. The topological polar surface area (TPSA) is 73.7 Å². The lowest BCUT2D eigenvalue weighted by Crippen LogP contribution is -2.31. The fourth-order valence-electron chi connectivity index (χ4n) is 1.63. The van der Waals surface area contributed by atoms with Gasteiger partial charge in [-0.3, -0.25) is 9.78 Å². The first kappa shape index (κ1) is 13.4. The van der Waals surface area contributed by atoms with E-state index in [0.717, 1.165) is 12.8 Å². The van der Waals surface area contributed by atoms with E-state index in [1.807, 2.05) is 0 Å². The molecule has 0 saturated carbocycles. The number of unbranched alkanes of at least 4 members (excludes halogenated alkanes) is 1. The lowest BCUT2D eigenvalue weighted by molar-refractivity contribution is -0.135. The van der Waals surface area contributed by atoms with Crippen molar-refractivity contribution in [1.82, 2.24) is 4.98 Å². The molecular weight excluding hydrogens is 220 g/mol. The number of nitrogens with zero attached hydrogens (tertiary/aromatic N) is 2. The molecule has 5 nitrogen and oxygen atoms in total. The molecule has 0 saturated heterocycles. The van der Waals surface area contributed by atoms with E-state index in [0.29, 0.717) is 17.8 Å². The molecular formula is C12H18N2O3. The van der Waals surface area contributed by atoms with Crippen LogP contribution in [0.1, 0.15) is 25.3 Å². The van der Waals surface area contributed by atoms with Crippen molar-refractivity contribution < 1.29 is 15.0 Å². The largest absolute Gasteiger partial charge is 0.480 e. The molecule has 0 radical (unpaired) electrons. The number of aliphatic hydroxyl groups is 1. The number of anilines is 1. The molecule has 0 amide bonds. The van der Waals surface area contributed by atoms with Crippen molar-refractivity contribution in [3.8, 4) is 0 Å². The SMILES string of the molecule is CCCCN(CC(=O)O)c1cnccc1CO. The zero-order valence-electron chi connectivity index (χ0n) is 9.96. The van der Waals surface area contributed by atoms with Gasteiger partial charge in [-0.1, -0.05) is 13.3 Å². The Bertz CT molecular complexity index is 369. The molecule has 0 bridgehead atoms. The first-order valence-corrected chi connectivity index (χ1v) is 5.69. The second-order valence-electron chi connectivity index (χ2n) is 3.83. The van der Waals surface area contributed by atoms with Gasteiger partial charge in [-0.15, -0.1) is 0 Å². The molecule has 0 unspecified atom stereocenters. The Morgan fingerprint density at radius 2 is 2.29 bits per heavy atom. The van der Waals surface area contributed by atoms with E-state index in [1.165, 1.54) is 0 Å². The third-order valence-electron chi connectivity index (χ3n) is 2.51. The Morgan fingerprint density at radius 1 is 1.53 bits per heavy atom. The molecule has 0 aliphatic carbocycles. The van der Waals surface area contributed by atoms with E-state index in [4.69, 9.17) is 5.11 Å². The smallest absolute Gasteiger partial charge is 0.323 e. The predicted octanol–water partition coefficient (Wildman–Crippen LogP) is 1.27. The fourth-order valence-corrected chi connectivity index (χ4v) is 1.63. The standard InChI is InChI=1S/C12H18N2O3/c1-2-3-6-14(8-12(16)17)11-7-13-5-4-10(11)9-15/h4-5,7,15H,2-3,6,8-9H2,1H3,(H,16,17). The van der Waals surface area contributed by atoms with Crippen LogP contribution >= 0.6 is 0 Å². The van der Waals surface area contributed by atoms with Crippen molar-refractivity contribution >= 4 is 11.7 Å². The van der Waals surface area contributed by atoms with Gasteiger partial charge in [0.15, 0.2) is 0 Å². The number of hydrogen-bond acceptors (Lipinski definition) is 4. The maximum Gasteiger partial charge on any atom is 0.323 e. The van der Waals surface area contributed by atoms with Crippen LogP contribution in [0, 0.1) is 0 Å². The molecule has 5 heteroatoms. The number of carbonyl (C=O) groups is 1. The average Bonchev–Trinajstić information content (AvgIpc) is 2.34. The molecule has 1 heterocycles. The van der Waals surface area contributed by atoms with E-state index in [9.17, 15) is 9.90 Å². The van der Waals surface area contributed by atoms with Gasteiger partial charge in [0.25, 0.3) is 0 Å². The number of aliphatic carboxylic acids is 1. The van der Waals surface area contributed by atoms with Gasteiger partial charge in [-0.25, -0.2) is 0 Å². The number of aromatic nitrogens is 1. The van der Waals surface area contributed by atoms with E-state index in [2.05, 4.69) is 11.9 Å². The normalized spacial score (nSPS) is 10.2. The number of aliphatic hydroxyl groups excluding tert-OH is 1. The van der Waals surface area contributed by atoms with Gasteiger partial charge in [0, 0.05) is 18.3 Å². The predicted molar refractivity (Wildman–Crippen MR) is 64.9 cm³/mol. The van der Waals surface area contributed by atoms with Gasteiger partial charge < -0.3 is 15.1 Å². The quantitative estimate of drug-likeness (QED) is 0.748. The Kier molecular flexibility index (Phi) is 5.42. The fraction of sp³-hybridized carbons (Fsp3) is 0.500. The molecule has 17 heavy (non-hydrogen) atoms. The van der Waals surface area contributed by atoms with Gasteiger partial charge >= 0.3 is 5.97 Å². The summed E-state index contributed by atoms with van der Waals surface area (Å²) < 4.78 is 0. The van der Waals surface area contributed by atoms with Crippen LogP contribution < -0.4 is 4.90 Å². The van der Waals surface area contributed by atoms with Gasteiger partial charge in [-0.2, -0.15) is 0 Å². The highest BCUT2D eigenvalue weighted by atomic mass is 16.4. The molecule has 0 aliphatic rings. The summed E-state index contributed by atoms with van der Waals surface area (Å²) in [6, 6.07) is 1.70. The summed E-state index contributed by atoms with van der Waals surface area (Å²) in [5.74, 6) is -0.881. The minimum atomic E-state index is -0.881. The average molecular weight is 238 g/mol. The molecule has 1 aromatic heterocycles. The van der Waals surface area contributed by atoms with Gasteiger partial charge in [0.2, 0.25) is 0 Å². The maximum absolute atomic E-state index is 10.8. The van der Waals surface area contributed by atoms with Gasteiger partial charge in [-0.05, 0) is 12.5 Å². The monoisotopic (exact) mass is 238 g/mol. The zero-order valence-corrected chi connectivity index (χ0v) is 9.96. The number of carboxylic acids is 1. The molecule has 0 aliphatic heterocycles. The minimum absolute atomic E-state index is 0.0707. The number of hydrogen-bond donors (Lipinski definition) is 2. The second-order valence-corrected chi connectivity index (χ2v) is 3.83. The summed E-state index contributed by atoms with van der Waals surface area (Å²) in [5, 5.41) is 18.1. The second kappa shape index (κ2) is 6.85. The molecule has 0 aromatic carbocycles. The minimum Gasteiger partial charge on any atom is -0.480 e. The molecule has 0 fully saturated rings. The highest BCUT2D eigenvalue weighted by Crippen LogP contribution is 2.19. The zero-order chi connectivity index (χ0) is 12.7. The molecule has 1 aromatic rings. The van der Waals surface area contributed by atoms with Gasteiger partial charge in [0.05, 0.1) is 18.5 Å². The number of pyridine rings is 1.